The molecule has 0 saturated heterocycles. The third-order valence-corrected chi connectivity index (χ3v) is 11.0. The van der Waals surface area contributed by atoms with Crippen LogP contribution in [0.3, 0.4) is 0 Å². The van der Waals surface area contributed by atoms with E-state index in [0.717, 1.165) is 13.8 Å². The summed E-state index contributed by atoms with van der Waals surface area (Å²) in [6.07, 6.45) is -7.06. The average molecular weight is 1090 g/mol. The second kappa shape index (κ2) is 33.6. The maximum Gasteiger partial charge on any atom is 0.305 e. The van der Waals surface area contributed by atoms with Crippen LogP contribution in [-0.4, -0.2) is 169 Å². The first-order valence-electron chi connectivity index (χ1n) is 24.4. The van der Waals surface area contributed by atoms with Gasteiger partial charge in [0.1, 0.15) is 48.3 Å². The van der Waals surface area contributed by atoms with E-state index in [-0.39, 0.29) is 31.1 Å². The number of carboxylic acids is 4. The number of aliphatic hydroxyl groups is 1. The van der Waals surface area contributed by atoms with Gasteiger partial charge in [-0.05, 0) is 56.4 Å². The Kier molecular flexibility index (Phi) is 29.2. The predicted molar refractivity (Wildman–Crippen MR) is 267 cm³/mol. The molecule has 0 heterocycles. The first-order valence-corrected chi connectivity index (χ1v) is 24.4. The van der Waals surface area contributed by atoms with Gasteiger partial charge in [0, 0.05) is 32.6 Å². The number of carbonyl (C=O) groups excluding carboxylic acids is 10. The molecule has 9 atom stereocenters. The quantitative estimate of drug-likeness (QED) is 0.0307. The molecular formula is C48H72N10O19. The molecule has 0 aromatic heterocycles. The van der Waals surface area contributed by atoms with Crippen LogP contribution in [0.2, 0.25) is 0 Å². The topological polar surface area (TPSA) is 474 Å². The van der Waals surface area contributed by atoms with Crippen LogP contribution in [0.25, 0.3) is 0 Å². The lowest BCUT2D eigenvalue weighted by Crippen LogP contribution is -2.61. The summed E-state index contributed by atoms with van der Waals surface area (Å²) in [4.78, 5) is 179. The van der Waals surface area contributed by atoms with Gasteiger partial charge in [-0.3, -0.25) is 67.1 Å². The highest BCUT2D eigenvalue weighted by Gasteiger charge is 2.36. The standard InChI is InChI=1S/C48H72N10O19/c1-23(2)18-31(41(49)70)55-46(75)33(20-27-10-8-7-9-11-27)56-42(71)28(12-15-36(62)63)52-35(61)22-50-48(77)40(25(5)59)58-44(73)30(14-17-38(66)67)53-43(72)29(13-16-37(64)65)54-47(76)34(21-39(68)69)57-45(74)32(19-24(3)4)51-26(6)60/h7-11,23-25,28-34,40,59H,12-22H2,1-6H3,(H2,49,70)(H,50,77)(H,51,60)(H,52,61)(H,53,72)(H,54,76)(H,55,75)(H,56,71)(H,57,74)(H,58,73)(H,62,63)(H,64,65)(H,66,67)(H,68,69)/t25-,28+,29+,30+,31+,32+,33+,34+,40+/m1/s1. The molecule has 428 valence electrons. The van der Waals surface area contributed by atoms with E-state index in [1.54, 1.807) is 58.0 Å². The summed E-state index contributed by atoms with van der Waals surface area (Å²) < 4.78 is 0. The number of carboxylic acid groups (broad SMARTS) is 4. The molecule has 0 radical (unpaired) electrons. The maximum absolute atomic E-state index is 13.7. The van der Waals surface area contributed by atoms with Crippen LogP contribution in [0, 0.1) is 11.8 Å². The first kappa shape index (κ1) is 66.8. The Hall–Kier alpha value is -8.24. The zero-order valence-corrected chi connectivity index (χ0v) is 43.5. The van der Waals surface area contributed by atoms with Crippen molar-refractivity contribution >= 4 is 82.9 Å². The van der Waals surface area contributed by atoms with Crippen LogP contribution >= 0.6 is 0 Å². The zero-order chi connectivity index (χ0) is 58.7. The van der Waals surface area contributed by atoms with E-state index < -0.39 is 189 Å². The second-order valence-electron chi connectivity index (χ2n) is 18.9. The third-order valence-electron chi connectivity index (χ3n) is 11.0. The smallest absolute Gasteiger partial charge is 0.305 e. The van der Waals surface area contributed by atoms with Crippen molar-refractivity contribution < 1.29 is 92.7 Å². The van der Waals surface area contributed by atoms with Gasteiger partial charge in [0.05, 0.1) is 19.1 Å². The van der Waals surface area contributed by atoms with Gasteiger partial charge in [0.25, 0.3) is 0 Å². The maximum atomic E-state index is 13.7. The molecule has 0 unspecified atom stereocenters. The summed E-state index contributed by atoms with van der Waals surface area (Å²) in [6.45, 7) is 8.13. The van der Waals surface area contributed by atoms with Crippen LogP contribution in [0.1, 0.15) is 105 Å². The van der Waals surface area contributed by atoms with Crippen molar-refractivity contribution in [2.24, 2.45) is 17.6 Å². The molecule has 10 amide bonds. The largest absolute Gasteiger partial charge is 0.481 e. The highest BCUT2D eigenvalue weighted by Crippen LogP contribution is 2.11. The number of aliphatic carboxylic acids is 4. The Bertz CT molecular complexity index is 2280. The van der Waals surface area contributed by atoms with Crippen molar-refractivity contribution in [3.05, 3.63) is 35.9 Å². The molecule has 0 bridgehead atoms. The van der Waals surface area contributed by atoms with Gasteiger partial charge in [-0.2, -0.15) is 0 Å². The van der Waals surface area contributed by atoms with Crippen molar-refractivity contribution in [3.8, 4) is 0 Å². The Morgan fingerprint density at radius 1 is 0.468 bits per heavy atom. The Morgan fingerprint density at radius 2 is 0.857 bits per heavy atom. The van der Waals surface area contributed by atoms with E-state index >= 15 is 0 Å². The monoisotopic (exact) mass is 1090 g/mol. The summed E-state index contributed by atoms with van der Waals surface area (Å²) in [7, 11) is 0. The van der Waals surface area contributed by atoms with Crippen molar-refractivity contribution in [2.75, 3.05) is 6.54 Å². The van der Waals surface area contributed by atoms with Gasteiger partial charge in [-0.1, -0.05) is 58.0 Å². The molecule has 0 fully saturated rings. The fourth-order valence-electron chi connectivity index (χ4n) is 7.26. The lowest BCUT2D eigenvalue weighted by atomic mass is 10.0. The molecular weight excluding hydrogens is 1020 g/mol. The minimum atomic E-state index is -1.97. The van der Waals surface area contributed by atoms with Gasteiger partial charge in [0.2, 0.25) is 59.1 Å². The highest BCUT2D eigenvalue weighted by atomic mass is 16.4. The van der Waals surface area contributed by atoms with E-state index in [4.69, 9.17) is 5.73 Å². The van der Waals surface area contributed by atoms with Crippen molar-refractivity contribution in [2.45, 2.75) is 160 Å². The zero-order valence-electron chi connectivity index (χ0n) is 43.5. The molecule has 0 aliphatic heterocycles. The summed E-state index contributed by atoms with van der Waals surface area (Å²) in [5.41, 5.74) is 6.07. The minimum Gasteiger partial charge on any atom is -0.481 e. The highest BCUT2D eigenvalue weighted by molar-refractivity contribution is 5.99. The van der Waals surface area contributed by atoms with Crippen LogP contribution in [-0.2, 0) is 73.5 Å². The minimum absolute atomic E-state index is 0.0579. The molecule has 0 aliphatic carbocycles. The lowest BCUT2D eigenvalue weighted by molar-refractivity contribution is -0.142. The number of hydrogen-bond acceptors (Lipinski definition) is 15. The Labute approximate surface area is 442 Å². The number of nitrogens with two attached hydrogens (primary N) is 1. The van der Waals surface area contributed by atoms with Crippen LogP contribution in [0.4, 0.5) is 0 Å². The number of rotatable bonds is 36. The third kappa shape index (κ3) is 27.2. The molecule has 1 aromatic rings. The summed E-state index contributed by atoms with van der Waals surface area (Å²) in [5.74, 6) is -16.9. The van der Waals surface area contributed by atoms with Gasteiger partial charge in [0.15, 0.2) is 0 Å². The van der Waals surface area contributed by atoms with Crippen LogP contribution < -0.4 is 53.6 Å². The molecule has 77 heavy (non-hydrogen) atoms. The molecule has 16 N–H and O–H groups in total. The second-order valence-corrected chi connectivity index (χ2v) is 18.9. The Morgan fingerprint density at radius 3 is 1.29 bits per heavy atom. The van der Waals surface area contributed by atoms with Gasteiger partial charge in [-0.15, -0.1) is 0 Å². The van der Waals surface area contributed by atoms with Crippen molar-refractivity contribution in [1.29, 1.82) is 0 Å². The van der Waals surface area contributed by atoms with Gasteiger partial charge in [-0.25, -0.2) is 0 Å². The molecule has 29 nitrogen and oxygen atoms in total. The first-order chi connectivity index (χ1) is 35.9. The van der Waals surface area contributed by atoms with Crippen molar-refractivity contribution in [3.63, 3.8) is 0 Å². The number of aliphatic hydroxyl groups excluding tert-OH is 1. The van der Waals surface area contributed by atoms with Crippen LogP contribution in [0.5, 0.6) is 0 Å². The van der Waals surface area contributed by atoms with Gasteiger partial charge >= 0.3 is 23.9 Å². The van der Waals surface area contributed by atoms with E-state index in [1.807, 2.05) is 0 Å². The number of nitrogens with one attached hydrogen (secondary N) is 9. The van der Waals surface area contributed by atoms with E-state index in [2.05, 4.69) is 47.9 Å². The molecule has 0 aliphatic rings. The predicted octanol–water partition coefficient (Wildman–Crippen LogP) is -3.73. The molecule has 1 rings (SSSR count). The summed E-state index contributed by atoms with van der Waals surface area (Å²) in [6, 6.07) is -4.79. The fourth-order valence-corrected chi connectivity index (χ4v) is 7.26. The van der Waals surface area contributed by atoms with E-state index in [9.17, 15) is 92.7 Å². The van der Waals surface area contributed by atoms with E-state index in [1.165, 1.54) is 0 Å². The lowest BCUT2D eigenvalue weighted by Gasteiger charge is -2.27. The summed E-state index contributed by atoms with van der Waals surface area (Å²) in [5, 5.41) is 68.7. The number of amides is 10. The van der Waals surface area contributed by atoms with Gasteiger partial charge < -0.3 is 79.1 Å². The van der Waals surface area contributed by atoms with Crippen LogP contribution in [0.15, 0.2) is 30.3 Å². The fraction of sp³-hybridized carbons (Fsp3) is 0.583. The van der Waals surface area contributed by atoms with Crippen molar-refractivity contribution in [1.82, 2.24) is 47.9 Å². The normalized spacial score (nSPS) is 14.5. The number of carbonyl (C=O) groups is 14. The Balaban J connectivity index is 3.37. The average Bonchev–Trinajstić information content (AvgIpc) is 3.31. The SMILES string of the molecule is CC(=O)N[C@@H](CC(C)C)C(=O)N[C@@H](CC(=O)O)C(=O)N[C@@H](CCC(=O)O)C(=O)N[C@@H](CCC(=O)O)C(=O)N[C@H](C(=O)NCC(=O)N[C@@H](CCC(=O)O)C(=O)N[C@@H](Cc1ccccc1)C(=O)N[C@@H](CC(C)C)C(N)=O)[C@@H](C)O. The summed E-state index contributed by atoms with van der Waals surface area (Å²) >= 11 is 0. The number of benzene rings is 1. The number of primary amides is 1. The molecule has 0 spiro atoms. The molecule has 29 heteroatoms. The molecule has 0 saturated carbocycles. The number of hydrogen-bond donors (Lipinski definition) is 15. The molecule has 1 aromatic carbocycles. The van der Waals surface area contributed by atoms with E-state index in [0.29, 0.717) is 5.56 Å².